The van der Waals surface area contributed by atoms with Crippen LogP contribution in [0.4, 0.5) is 132 Å². The van der Waals surface area contributed by atoms with Crippen molar-refractivity contribution >= 4 is 0 Å². The molecule has 0 aliphatic heterocycles. The van der Waals surface area contributed by atoms with Gasteiger partial charge in [-0.1, -0.05) is 418 Å². The van der Waals surface area contributed by atoms with E-state index in [1.165, 1.54) is 69.2 Å². The highest BCUT2D eigenvalue weighted by Crippen LogP contribution is 2.63. The molecular weight excluding hydrogens is 1930 g/mol. The fraction of sp³-hybridized carbons (Fsp3) is 1.00. The Morgan fingerprint density at radius 3 is 0.497 bits per heavy atom. The van der Waals surface area contributed by atoms with Crippen molar-refractivity contribution in [1.82, 2.24) is 0 Å². The lowest BCUT2D eigenvalue weighted by atomic mass is 9.57. The molecule has 0 aliphatic rings. The van der Waals surface area contributed by atoms with E-state index in [0.717, 1.165) is 0 Å². The number of rotatable bonds is 41. The molecule has 0 nitrogen and oxygen atoms in total. The first-order chi connectivity index (χ1) is 63.1. The molecule has 0 N–H and O–H groups in total. The summed E-state index contributed by atoms with van der Waals surface area (Å²) in [6, 6.07) is 0. The summed E-state index contributed by atoms with van der Waals surface area (Å²) in [6.07, 6.45) is -30.9. The average molecular weight is 2140 g/mol. The van der Waals surface area contributed by atoms with Crippen molar-refractivity contribution in [2.75, 3.05) is 0 Å². The molecule has 0 saturated carbocycles. The van der Waals surface area contributed by atoms with Gasteiger partial charge in [0, 0.05) is 0 Å². The first-order valence-electron chi connectivity index (χ1n) is 53.8. The third-order valence-corrected chi connectivity index (χ3v) is 36.4. The molecule has 0 aromatic heterocycles. The molecule has 0 aromatic rings. The van der Waals surface area contributed by atoms with Crippen molar-refractivity contribution < 1.29 is 132 Å². The summed E-state index contributed by atoms with van der Waals surface area (Å²) in [5.74, 6) is -3.13. The van der Waals surface area contributed by atoms with Crippen molar-refractivity contribution in [1.29, 1.82) is 0 Å². The molecule has 0 spiro atoms. The van der Waals surface area contributed by atoms with Crippen molar-refractivity contribution in [3.05, 3.63) is 0 Å². The predicted molar refractivity (Wildman–Crippen MR) is 545 cm³/mol. The maximum atomic E-state index is 13.3. The van der Waals surface area contributed by atoms with E-state index in [1.54, 1.807) is 118 Å². The number of hydrogen-bond acceptors (Lipinski definition) is 0. The summed E-state index contributed by atoms with van der Waals surface area (Å²) in [5.41, 5.74) is -17.5. The SMILES string of the molecule is CC(C)C(C(C)C)C(C)(C(C)C)C(F)(F)F.CC(C)C(C)(C(C)C)C(F)(F)F.CCC(C)(C(C(C)C)C(C)C)C(F)(F)F.CCC(C)(CC)C(C)(C(C)C)C(F)(F)F.CCC(C)(CC)C(C)(CC)C(F)(F)F.CCC(CC)C(C)(C(C)C)C(F)(F)F.CCCC(C)(C(C(C)C)C(C)C)C(F)(F)F.CCCC(C)(C(CC)CC)C(F)(F)F.CCCC(C)(C(F)(F)F)C(C)(CC)CC.CCCC(C)(CCC)C(F)(F)F. The molecule has 8 unspecified atom stereocenters. The van der Waals surface area contributed by atoms with E-state index < -0.39 is 144 Å². The Morgan fingerprint density at radius 2 is 0.385 bits per heavy atom. The van der Waals surface area contributed by atoms with E-state index in [0.29, 0.717) is 96.3 Å². The molecule has 878 valence electrons. The third-order valence-electron chi connectivity index (χ3n) is 36.4. The van der Waals surface area contributed by atoms with Gasteiger partial charge in [-0.25, -0.2) is 0 Å². The molecule has 0 heterocycles. The summed E-state index contributed by atoms with van der Waals surface area (Å²) in [5, 5.41) is 0. The minimum atomic E-state index is -4.14. The van der Waals surface area contributed by atoms with Crippen molar-refractivity contribution in [3.63, 3.8) is 0 Å². The van der Waals surface area contributed by atoms with Crippen LogP contribution in [0.5, 0.6) is 0 Å². The van der Waals surface area contributed by atoms with Gasteiger partial charge < -0.3 is 0 Å². The zero-order valence-electron chi connectivity index (χ0n) is 99.6. The van der Waals surface area contributed by atoms with Gasteiger partial charge in [0.25, 0.3) is 0 Å². The number of hydrogen-bond donors (Lipinski definition) is 0. The number of alkyl halides is 30. The van der Waals surface area contributed by atoms with Gasteiger partial charge >= 0.3 is 61.8 Å². The van der Waals surface area contributed by atoms with Crippen LogP contribution in [-0.4, -0.2) is 61.8 Å². The fourth-order valence-electron chi connectivity index (χ4n) is 23.1. The van der Waals surface area contributed by atoms with Crippen LogP contribution in [0.1, 0.15) is 501 Å². The lowest BCUT2D eigenvalue weighted by Crippen LogP contribution is -2.51. The quantitative estimate of drug-likeness (QED) is 0.0535. The Hall–Kier alpha value is -2.10. The van der Waals surface area contributed by atoms with Crippen molar-refractivity contribution in [3.8, 4) is 0 Å². The Labute approximate surface area is 856 Å². The summed E-state index contributed by atoms with van der Waals surface area (Å²) in [4.78, 5) is 0. The normalized spacial score (nSPS) is 17.0. The van der Waals surface area contributed by atoms with Crippen molar-refractivity contribution in [2.45, 2.75) is 563 Å². The Bertz CT molecular complexity index is 3110. The van der Waals surface area contributed by atoms with Gasteiger partial charge in [-0.2, -0.15) is 132 Å². The first-order valence-corrected chi connectivity index (χ1v) is 53.8. The highest BCUT2D eigenvalue weighted by molar-refractivity contribution is 5.02. The molecule has 0 aliphatic carbocycles. The van der Waals surface area contributed by atoms with Crippen LogP contribution < -0.4 is 0 Å². The molecule has 0 aromatic carbocycles. The average Bonchev–Trinajstić information content (AvgIpc) is 0.751. The molecule has 30 heteroatoms. The highest BCUT2D eigenvalue weighted by atomic mass is 19.4. The molecule has 0 saturated heterocycles. The smallest absolute Gasteiger partial charge is 0.171 e. The van der Waals surface area contributed by atoms with Gasteiger partial charge in [-0.3, -0.25) is 0 Å². The second-order valence-electron chi connectivity index (χ2n) is 47.6. The van der Waals surface area contributed by atoms with Crippen LogP contribution in [0.2, 0.25) is 0 Å². The monoisotopic (exact) mass is 2140 g/mol. The lowest BCUT2D eigenvalue weighted by Gasteiger charge is -2.49. The topological polar surface area (TPSA) is 0 Å². The summed E-state index contributed by atoms with van der Waals surface area (Å²) < 4.78 is 390. The van der Waals surface area contributed by atoms with Crippen LogP contribution in [0.15, 0.2) is 0 Å². The largest absolute Gasteiger partial charge is 0.395 e. The molecule has 8 atom stereocenters. The minimum absolute atomic E-state index is 0.0361. The second kappa shape index (κ2) is 63.7. The fourth-order valence-corrected chi connectivity index (χ4v) is 23.1. The summed E-state index contributed by atoms with van der Waals surface area (Å²) in [7, 11) is 0. The van der Waals surface area contributed by atoms with E-state index in [-0.39, 0.29) is 128 Å². The highest BCUT2D eigenvalue weighted by Gasteiger charge is 2.66. The van der Waals surface area contributed by atoms with E-state index in [9.17, 15) is 132 Å². The Morgan fingerprint density at radius 1 is 0.161 bits per heavy atom. The van der Waals surface area contributed by atoms with E-state index in [2.05, 4.69) is 0 Å². The zero-order chi connectivity index (χ0) is 118. The van der Waals surface area contributed by atoms with Crippen LogP contribution in [0, 0.1) is 165 Å². The minimum Gasteiger partial charge on any atom is -0.171 e. The van der Waals surface area contributed by atoms with Crippen LogP contribution in [0.25, 0.3) is 0 Å². The van der Waals surface area contributed by atoms with Crippen LogP contribution >= 0.6 is 0 Å². The van der Waals surface area contributed by atoms with Gasteiger partial charge in [0.2, 0.25) is 0 Å². The second-order valence-corrected chi connectivity index (χ2v) is 47.6. The molecule has 0 rings (SSSR count). The molecule has 0 bridgehead atoms. The van der Waals surface area contributed by atoms with Gasteiger partial charge in [0.1, 0.15) is 0 Å². The van der Waals surface area contributed by atoms with Crippen molar-refractivity contribution in [2.24, 2.45) is 165 Å². The maximum Gasteiger partial charge on any atom is 0.395 e. The Kier molecular flexibility index (Phi) is 71.7. The first kappa shape index (κ1) is 161. The van der Waals surface area contributed by atoms with Gasteiger partial charge in [0.15, 0.2) is 0 Å². The van der Waals surface area contributed by atoms with Crippen LogP contribution in [-0.2, 0) is 0 Å². The summed E-state index contributed by atoms with van der Waals surface area (Å²) >= 11 is 0. The van der Waals surface area contributed by atoms with E-state index in [1.807, 2.05) is 173 Å². The molecule has 0 amide bonds. The molecule has 143 heavy (non-hydrogen) atoms. The third kappa shape index (κ3) is 42.3. The van der Waals surface area contributed by atoms with Gasteiger partial charge in [-0.05, 0) is 194 Å². The molecular formula is C113H216F30. The van der Waals surface area contributed by atoms with Gasteiger partial charge in [-0.15, -0.1) is 0 Å². The zero-order valence-corrected chi connectivity index (χ0v) is 99.6. The standard InChI is InChI=1S/2C13H25F3.3C12H23F3.3C11H21F3.2C9H17F3/c1-8(2)11(9(3)4)12(7,10(5)6)13(14,15)16;1-7-8-12(6,13(14,15)16)11(9(2)3)10(4)5;1-7-10(5,8-2)11(6,9(3)4)12(13,14)15;1-7-11(6,12(13,14)15)10(8(2)3)9(4)5;1-6-9-11(5,12(13,14)15)10(4,7-2)8-3;1-6-9(4,7-2)10(5,8-3)11(12,13)14;1-6-9(7-2)10(5,8(3)4)11(12,13)14;1-5-8-10(4,11(12,13)14)9(6-2)7-3;1-6(2)8(5,7(3)4)9(10,11)12;1-4-6-8(3,7-5-2)9(10,11)12/h8-11H,1-7H3;9-11H,7-8H2,1-6H3;9H,7-8H2,1-6H3;8-10H,7H2,1-6H3;6-9H2,1-5H3;6-8H2,1-5H3;8-9H,6-7H2,1-5H3;9H,5-8H2,1-4H3;6-7H,1-5H3;4-7H2,1-3H3. The number of halogens is 30. The summed E-state index contributed by atoms with van der Waals surface area (Å²) in [6.45, 7) is 88.6. The van der Waals surface area contributed by atoms with E-state index >= 15 is 0 Å². The maximum absolute atomic E-state index is 13.3. The van der Waals surface area contributed by atoms with E-state index in [4.69, 9.17) is 0 Å². The van der Waals surface area contributed by atoms with Crippen LogP contribution in [0.3, 0.4) is 0 Å². The molecule has 0 radical (unpaired) electrons. The molecule has 0 fully saturated rings. The van der Waals surface area contributed by atoms with Gasteiger partial charge in [0.05, 0.1) is 54.1 Å². The lowest BCUT2D eigenvalue weighted by molar-refractivity contribution is -0.275. The predicted octanol–water partition coefficient (Wildman–Crippen LogP) is 47.8. The Balaban J connectivity index is -0.000000172.